The average Bonchev–Trinajstić information content (AvgIpc) is 4.02. The van der Waals surface area contributed by atoms with Crippen molar-refractivity contribution in [3.05, 3.63) is 0 Å². The first-order chi connectivity index (χ1) is 26.4. The zero-order chi connectivity index (χ0) is 42.2. The number of amides is 3. The fourth-order valence-electron chi connectivity index (χ4n) is 12.3. The molecule has 0 aromatic rings. The number of carbonyl (C=O) groups is 5. The molecule has 0 aromatic carbocycles. The van der Waals surface area contributed by atoms with E-state index in [-0.39, 0.29) is 58.4 Å². The molecule has 0 radical (unpaired) electrons. The van der Waals surface area contributed by atoms with Gasteiger partial charge in [-0.3, -0.25) is 23.9 Å². The van der Waals surface area contributed by atoms with E-state index in [4.69, 9.17) is 4.74 Å². The highest BCUT2D eigenvalue weighted by molar-refractivity contribution is 7.91. The lowest BCUT2D eigenvalue weighted by Crippen LogP contribution is -2.52. The van der Waals surface area contributed by atoms with Gasteiger partial charge in [-0.05, 0) is 107 Å². The summed E-state index contributed by atoms with van der Waals surface area (Å²) in [6, 6.07) is -1.57. The Hall–Kier alpha value is -2.50. The molecular formula is C45H73N3O8S. The van der Waals surface area contributed by atoms with Crippen LogP contribution >= 0.6 is 0 Å². The van der Waals surface area contributed by atoms with Gasteiger partial charge in [-0.15, -0.1) is 0 Å². The number of sulfonamides is 1. The first-order valence-corrected chi connectivity index (χ1v) is 23.8. The molecule has 12 heteroatoms. The minimum absolute atomic E-state index is 0.0383. The van der Waals surface area contributed by atoms with Crippen molar-refractivity contribution in [1.29, 1.82) is 0 Å². The number of carbonyl (C=O) groups excluding carboxylic acids is 5. The zero-order valence-corrected chi connectivity index (χ0v) is 37.6. The highest BCUT2D eigenvalue weighted by Crippen LogP contribution is 2.88. The molecule has 2 spiro atoms. The largest absolute Gasteiger partial charge is 0.444 e. The lowest BCUT2D eigenvalue weighted by atomic mass is 9.73. The fourth-order valence-corrected chi connectivity index (χ4v) is 14.0. The Morgan fingerprint density at radius 2 is 1.49 bits per heavy atom. The predicted octanol–water partition coefficient (Wildman–Crippen LogP) is 8.03. The molecular weight excluding hydrogens is 743 g/mol. The van der Waals surface area contributed by atoms with E-state index in [9.17, 15) is 27.6 Å². The van der Waals surface area contributed by atoms with E-state index in [1.807, 2.05) is 34.6 Å². The molecule has 0 aromatic heterocycles. The summed E-state index contributed by atoms with van der Waals surface area (Å²) in [7, 11) is -3.91. The normalized spacial score (nSPS) is 30.9. The molecule has 322 valence electrons. The van der Waals surface area contributed by atoms with Crippen LogP contribution in [-0.4, -0.2) is 71.8 Å². The van der Waals surface area contributed by atoms with Gasteiger partial charge < -0.3 is 15.0 Å². The van der Waals surface area contributed by atoms with Gasteiger partial charge in [0, 0.05) is 30.7 Å². The van der Waals surface area contributed by atoms with Crippen LogP contribution in [0.5, 0.6) is 0 Å². The maximum absolute atomic E-state index is 15.2. The summed E-state index contributed by atoms with van der Waals surface area (Å²) < 4.78 is 34.2. The molecule has 11 nitrogen and oxygen atoms in total. The van der Waals surface area contributed by atoms with Crippen LogP contribution < -0.4 is 10.0 Å². The summed E-state index contributed by atoms with van der Waals surface area (Å²) in [5, 5.41) is 2.91. The smallest absolute Gasteiger partial charge is 0.408 e. The first-order valence-electron chi connectivity index (χ1n) is 22.3. The molecule has 5 saturated carbocycles. The van der Waals surface area contributed by atoms with Gasteiger partial charge in [0.2, 0.25) is 21.8 Å². The van der Waals surface area contributed by atoms with Crippen LogP contribution in [0.4, 0.5) is 4.79 Å². The lowest BCUT2D eigenvalue weighted by molar-refractivity contribution is -0.146. The fraction of sp³-hybridized carbons (Fsp3) is 0.889. The molecule has 6 rings (SSSR count). The second-order valence-electron chi connectivity index (χ2n) is 21.9. The van der Waals surface area contributed by atoms with Crippen molar-refractivity contribution in [3.8, 4) is 0 Å². The van der Waals surface area contributed by atoms with Crippen molar-refractivity contribution in [2.24, 2.45) is 44.8 Å². The van der Waals surface area contributed by atoms with Crippen molar-refractivity contribution in [2.75, 3.05) is 6.54 Å². The van der Waals surface area contributed by atoms with Gasteiger partial charge in [0.1, 0.15) is 5.60 Å². The van der Waals surface area contributed by atoms with Crippen LogP contribution in [0.1, 0.15) is 178 Å². The highest BCUT2D eigenvalue weighted by Gasteiger charge is 2.85. The van der Waals surface area contributed by atoms with Crippen molar-refractivity contribution in [1.82, 2.24) is 14.9 Å². The molecule has 1 saturated heterocycles. The second kappa shape index (κ2) is 14.9. The molecule has 6 atom stereocenters. The quantitative estimate of drug-likeness (QED) is 0.168. The van der Waals surface area contributed by atoms with E-state index in [0.717, 1.165) is 51.4 Å². The number of alkyl carbamates (subject to hydrolysis) is 1. The number of ether oxygens (including phenoxy) is 1. The lowest BCUT2D eigenvalue weighted by Gasteiger charge is -2.37. The Morgan fingerprint density at radius 1 is 0.860 bits per heavy atom. The van der Waals surface area contributed by atoms with Crippen molar-refractivity contribution >= 4 is 39.5 Å². The van der Waals surface area contributed by atoms with Crippen molar-refractivity contribution in [2.45, 2.75) is 201 Å². The van der Waals surface area contributed by atoms with E-state index in [1.54, 1.807) is 25.7 Å². The minimum atomic E-state index is -3.91. The number of nitrogens with zero attached hydrogens (tertiary/aromatic N) is 1. The number of fused-ring (bicyclic) bond motifs is 1. The standard InChI is InChI=1S/C45H73N3O8S/c1-11-19-42(22-23-42)57(54,55)47-37(52)43(25-30(43)12-2)27-34(50)32-26-45(41(9,10)44(45)20-16-21-44)28-48(32)36(51)31(39(3,4)5)24-33(49)35(29-17-14-13-15-18-29)46-38(53)56-40(6,7)8/h29-32,35H,11-28H2,1-10H3,(H,46,53)(H,47,52)/t30-,31-,32+,35+,43-,45-/m1/s1. The maximum atomic E-state index is 15.2. The Bertz CT molecular complexity index is 1730. The molecule has 6 aliphatic rings. The molecule has 57 heavy (non-hydrogen) atoms. The summed E-state index contributed by atoms with van der Waals surface area (Å²) in [6.45, 7) is 20.1. The number of nitrogens with one attached hydrogen (secondary N) is 2. The molecule has 5 aliphatic carbocycles. The van der Waals surface area contributed by atoms with Gasteiger partial charge in [0.05, 0.1) is 22.2 Å². The summed E-state index contributed by atoms with van der Waals surface area (Å²) in [5.41, 5.74) is -2.82. The Kier molecular flexibility index (Phi) is 11.5. The summed E-state index contributed by atoms with van der Waals surface area (Å²) >= 11 is 0. The van der Waals surface area contributed by atoms with E-state index >= 15 is 4.79 Å². The van der Waals surface area contributed by atoms with Gasteiger partial charge in [-0.2, -0.15) is 0 Å². The molecule has 1 heterocycles. The zero-order valence-electron chi connectivity index (χ0n) is 36.7. The number of hydrogen-bond acceptors (Lipinski definition) is 8. The maximum Gasteiger partial charge on any atom is 0.408 e. The van der Waals surface area contributed by atoms with Gasteiger partial charge in [0.15, 0.2) is 11.6 Å². The SMILES string of the molecule is CCCC1(S(=O)(=O)NC(=O)[C@@]2(CC(=O)[C@@H]3C[C@@]4(CN3C(=O)[C@@H](CC(=O)[C@@H](NC(=O)OC(C)(C)C)C3CCCCC3)C(C)(C)C)C(C)(C)C43CCC3)C[C@H]2CC)CC1. The summed E-state index contributed by atoms with van der Waals surface area (Å²) in [5.74, 6) is -2.15. The Labute approximate surface area is 342 Å². The monoisotopic (exact) mass is 816 g/mol. The van der Waals surface area contributed by atoms with Crippen LogP contribution in [0.25, 0.3) is 0 Å². The average molecular weight is 816 g/mol. The predicted molar refractivity (Wildman–Crippen MR) is 219 cm³/mol. The van der Waals surface area contributed by atoms with Crippen molar-refractivity contribution in [3.63, 3.8) is 0 Å². The Morgan fingerprint density at radius 3 is 1.96 bits per heavy atom. The molecule has 0 bridgehead atoms. The van der Waals surface area contributed by atoms with Gasteiger partial charge >= 0.3 is 6.09 Å². The molecule has 3 amide bonds. The number of likely N-dealkylation sites (tertiary alicyclic amines) is 1. The van der Waals surface area contributed by atoms with Gasteiger partial charge in [-0.25, -0.2) is 13.2 Å². The third-order valence-electron chi connectivity index (χ3n) is 16.3. The molecule has 1 aliphatic heterocycles. The first kappa shape index (κ1) is 44.1. The second-order valence-corrected chi connectivity index (χ2v) is 24.0. The van der Waals surface area contributed by atoms with Crippen LogP contribution in [-0.2, 0) is 33.9 Å². The third-order valence-corrected chi connectivity index (χ3v) is 18.5. The molecule has 2 N–H and O–H groups in total. The van der Waals surface area contributed by atoms with E-state index in [0.29, 0.717) is 51.5 Å². The van der Waals surface area contributed by atoms with Crippen molar-refractivity contribution < 1.29 is 37.1 Å². The number of Topliss-reactive ketones (excluding diaryl/α,β-unsaturated/α-hetero) is 2. The number of hydrogen-bond donors (Lipinski definition) is 2. The van der Waals surface area contributed by atoms with E-state index < -0.39 is 61.2 Å². The number of ketones is 2. The van der Waals surface area contributed by atoms with Crippen LogP contribution in [0.2, 0.25) is 0 Å². The number of rotatable bonds is 15. The van der Waals surface area contributed by atoms with E-state index in [1.165, 1.54) is 0 Å². The van der Waals surface area contributed by atoms with Crippen LogP contribution in [0.3, 0.4) is 0 Å². The summed E-state index contributed by atoms with van der Waals surface area (Å²) in [4.78, 5) is 73.6. The van der Waals surface area contributed by atoms with Gasteiger partial charge in [-0.1, -0.05) is 87.0 Å². The van der Waals surface area contributed by atoms with Crippen LogP contribution in [0, 0.1) is 44.8 Å². The molecule has 6 fully saturated rings. The summed E-state index contributed by atoms with van der Waals surface area (Å²) in [6.07, 6.45) is 10.8. The van der Waals surface area contributed by atoms with Crippen LogP contribution in [0.15, 0.2) is 0 Å². The topological polar surface area (TPSA) is 156 Å². The Balaban J connectivity index is 1.28. The highest BCUT2D eigenvalue weighted by atomic mass is 32.2. The van der Waals surface area contributed by atoms with Gasteiger partial charge in [0.25, 0.3) is 0 Å². The minimum Gasteiger partial charge on any atom is -0.444 e. The third kappa shape index (κ3) is 7.62. The molecule has 0 unspecified atom stereocenters. The van der Waals surface area contributed by atoms with E-state index in [2.05, 4.69) is 23.9 Å².